The highest BCUT2D eigenvalue weighted by Crippen LogP contribution is 2.20. The van der Waals surface area contributed by atoms with Crippen molar-refractivity contribution in [1.82, 2.24) is 24.1 Å². The highest BCUT2D eigenvalue weighted by Gasteiger charge is 2.12. The molecular formula is C16H22N6O. The quantitative estimate of drug-likeness (QED) is 0.678. The van der Waals surface area contributed by atoms with E-state index in [0.29, 0.717) is 0 Å². The summed E-state index contributed by atoms with van der Waals surface area (Å²) in [6.07, 6.45) is 4.63. The summed E-state index contributed by atoms with van der Waals surface area (Å²) in [7, 11) is 1.96. The van der Waals surface area contributed by atoms with E-state index in [4.69, 9.17) is 4.74 Å². The van der Waals surface area contributed by atoms with Crippen molar-refractivity contribution >= 4 is 11.5 Å². The normalized spacial score (nSPS) is 11.3. The molecule has 3 aromatic rings. The minimum Gasteiger partial charge on any atom is -0.382 e. The average Bonchev–Trinajstić information content (AvgIpc) is 3.12. The maximum absolute atomic E-state index is 5.36. The Hall–Kier alpha value is -2.41. The van der Waals surface area contributed by atoms with Crippen molar-refractivity contribution in [3.8, 4) is 11.5 Å². The van der Waals surface area contributed by atoms with Gasteiger partial charge in [0.15, 0.2) is 11.5 Å². The van der Waals surface area contributed by atoms with Gasteiger partial charge in [0.25, 0.3) is 0 Å². The zero-order chi connectivity index (χ0) is 16.2. The van der Waals surface area contributed by atoms with Crippen molar-refractivity contribution in [2.24, 2.45) is 7.05 Å². The number of fused-ring (bicyclic) bond motifs is 1. The fourth-order valence-corrected chi connectivity index (χ4v) is 2.48. The lowest BCUT2D eigenvalue weighted by Crippen LogP contribution is -2.10. The minimum absolute atomic E-state index is 0.755. The molecule has 3 rings (SSSR count). The van der Waals surface area contributed by atoms with Gasteiger partial charge in [-0.15, -0.1) is 0 Å². The molecule has 0 saturated heterocycles. The molecule has 0 aromatic carbocycles. The Balaban J connectivity index is 1.86. The molecule has 0 spiro atoms. The van der Waals surface area contributed by atoms with Gasteiger partial charge >= 0.3 is 0 Å². The summed E-state index contributed by atoms with van der Waals surface area (Å²) in [6, 6.07) is 3.96. The van der Waals surface area contributed by atoms with Crippen molar-refractivity contribution in [2.45, 2.75) is 20.3 Å². The first-order chi connectivity index (χ1) is 11.2. The van der Waals surface area contributed by atoms with Crippen LogP contribution >= 0.6 is 0 Å². The van der Waals surface area contributed by atoms with Crippen LogP contribution in [0.1, 0.15) is 19.0 Å². The molecule has 23 heavy (non-hydrogen) atoms. The van der Waals surface area contributed by atoms with Gasteiger partial charge in [-0.3, -0.25) is 0 Å². The van der Waals surface area contributed by atoms with Crippen LogP contribution < -0.4 is 5.32 Å². The molecule has 1 N–H and O–H groups in total. The van der Waals surface area contributed by atoms with Crippen LogP contribution in [0.3, 0.4) is 0 Å². The molecule has 0 aliphatic heterocycles. The second kappa shape index (κ2) is 6.78. The molecule has 3 heterocycles. The monoisotopic (exact) mass is 314 g/mol. The van der Waals surface area contributed by atoms with Crippen LogP contribution in [0.2, 0.25) is 0 Å². The molecule has 0 atom stereocenters. The van der Waals surface area contributed by atoms with Crippen molar-refractivity contribution < 1.29 is 4.74 Å². The van der Waals surface area contributed by atoms with Gasteiger partial charge in [0.2, 0.25) is 0 Å². The van der Waals surface area contributed by atoms with Crippen LogP contribution in [-0.2, 0) is 11.8 Å². The van der Waals surface area contributed by atoms with Crippen molar-refractivity contribution in [2.75, 3.05) is 25.1 Å². The lowest BCUT2D eigenvalue weighted by Gasteiger charge is -2.09. The second-order valence-electron chi connectivity index (χ2n) is 5.42. The molecule has 0 aliphatic rings. The number of anilines is 1. The minimum atomic E-state index is 0.755. The summed E-state index contributed by atoms with van der Waals surface area (Å²) in [6.45, 7) is 6.33. The molecule has 0 saturated carbocycles. The van der Waals surface area contributed by atoms with Gasteiger partial charge in [0.1, 0.15) is 11.5 Å². The van der Waals surface area contributed by atoms with E-state index in [0.717, 1.165) is 54.9 Å². The molecule has 0 unspecified atom stereocenters. The fraction of sp³-hybridized carbons (Fsp3) is 0.438. The van der Waals surface area contributed by atoms with Crippen molar-refractivity contribution in [1.29, 1.82) is 0 Å². The summed E-state index contributed by atoms with van der Waals surface area (Å²) in [4.78, 5) is 8.90. The second-order valence-corrected chi connectivity index (χ2v) is 5.42. The number of nitrogens with one attached hydrogen (secondary N) is 1. The zero-order valence-electron chi connectivity index (χ0n) is 13.8. The Morgan fingerprint density at radius 2 is 2.17 bits per heavy atom. The zero-order valence-corrected chi connectivity index (χ0v) is 13.8. The number of ether oxygens (including phenoxy) is 1. The first-order valence-corrected chi connectivity index (χ1v) is 7.85. The predicted molar refractivity (Wildman–Crippen MR) is 89.5 cm³/mol. The standard InChI is InChI=1S/C16H22N6O/c1-4-23-9-5-6-17-14-10-12(2)19-15-11-13(20-22(14)15)16-18-7-8-21(16)3/h7-8,10-11,17H,4-6,9H2,1-3H3. The largest absolute Gasteiger partial charge is 0.382 e. The Morgan fingerprint density at radius 3 is 2.91 bits per heavy atom. The van der Waals surface area contributed by atoms with Gasteiger partial charge in [-0.25, -0.2) is 9.97 Å². The first-order valence-electron chi connectivity index (χ1n) is 7.85. The molecule has 0 radical (unpaired) electrons. The Kier molecular flexibility index (Phi) is 4.57. The van der Waals surface area contributed by atoms with E-state index in [1.165, 1.54) is 0 Å². The van der Waals surface area contributed by atoms with Gasteiger partial charge in [0, 0.05) is 57.0 Å². The van der Waals surface area contributed by atoms with Crippen LogP contribution in [0.4, 0.5) is 5.82 Å². The van der Waals surface area contributed by atoms with Gasteiger partial charge in [0.05, 0.1) is 0 Å². The topological polar surface area (TPSA) is 69.3 Å². The van der Waals surface area contributed by atoms with E-state index in [2.05, 4.69) is 20.4 Å². The molecule has 0 amide bonds. The molecule has 3 aromatic heterocycles. The number of hydrogen-bond donors (Lipinski definition) is 1. The third-order valence-electron chi connectivity index (χ3n) is 3.58. The van der Waals surface area contributed by atoms with E-state index >= 15 is 0 Å². The van der Waals surface area contributed by atoms with E-state index in [9.17, 15) is 0 Å². The van der Waals surface area contributed by atoms with Crippen LogP contribution in [-0.4, -0.2) is 43.9 Å². The van der Waals surface area contributed by atoms with Crippen LogP contribution in [0.15, 0.2) is 24.5 Å². The van der Waals surface area contributed by atoms with Crippen LogP contribution in [0.25, 0.3) is 17.2 Å². The summed E-state index contributed by atoms with van der Waals surface area (Å²) in [5.41, 5.74) is 2.58. The SMILES string of the molecule is CCOCCCNc1cc(C)nc2cc(-c3nccn3C)nn12. The lowest BCUT2D eigenvalue weighted by atomic mass is 10.3. The van der Waals surface area contributed by atoms with Crippen molar-refractivity contribution in [3.63, 3.8) is 0 Å². The van der Waals surface area contributed by atoms with Gasteiger partial charge in [-0.1, -0.05) is 0 Å². The number of imidazole rings is 1. The van der Waals surface area contributed by atoms with Crippen LogP contribution in [0.5, 0.6) is 0 Å². The maximum atomic E-state index is 5.36. The van der Waals surface area contributed by atoms with Gasteiger partial charge in [-0.2, -0.15) is 9.61 Å². The Labute approximate surface area is 135 Å². The number of nitrogens with zero attached hydrogens (tertiary/aromatic N) is 5. The molecule has 7 heteroatoms. The lowest BCUT2D eigenvalue weighted by molar-refractivity contribution is 0.147. The number of aryl methyl sites for hydroxylation is 2. The molecular weight excluding hydrogens is 292 g/mol. The third kappa shape index (κ3) is 3.34. The third-order valence-corrected chi connectivity index (χ3v) is 3.58. The Bertz CT molecular complexity index is 791. The van der Waals surface area contributed by atoms with Crippen molar-refractivity contribution in [3.05, 3.63) is 30.2 Å². The molecule has 0 fully saturated rings. The Morgan fingerprint density at radius 1 is 1.30 bits per heavy atom. The van der Waals surface area contributed by atoms with Gasteiger partial charge in [-0.05, 0) is 20.3 Å². The fourth-order valence-electron chi connectivity index (χ4n) is 2.48. The maximum Gasteiger partial charge on any atom is 0.160 e. The number of aromatic nitrogens is 5. The summed E-state index contributed by atoms with van der Waals surface area (Å²) < 4.78 is 9.14. The smallest absolute Gasteiger partial charge is 0.160 e. The molecule has 0 bridgehead atoms. The molecule has 0 aliphatic carbocycles. The van der Waals surface area contributed by atoms with E-state index in [1.54, 1.807) is 6.20 Å². The van der Waals surface area contributed by atoms with Gasteiger partial charge < -0.3 is 14.6 Å². The molecule has 122 valence electrons. The summed E-state index contributed by atoms with van der Waals surface area (Å²) in [5, 5.41) is 8.06. The number of hydrogen-bond acceptors (Lipinski definition) is 5. The summed E-state index contributed by atoms with van der Waals surface area (Å²) >= 11 is 0. The first kappa shape index (κ1) is 15.5. The highest BCUT2D eigenvalue weighted by molar-refractivity contribution is 5.61. The van der Waals surface area contributed by atoms with E-state index < -0.39 is 0 Å². The predicted octanol–water partition coefficient (Wildman–Crippen LogP) is 2.28. The van der Waals surface area contributed by atoms with E-state index in [1.807, 2.05) is 48.3 Å². The average molecular weight is 314 g/mol. The highest BCUT2D eigenvalue weighted by atomic mass is 16.5. The van der Waals surface area contributed by atoms with Crippen LogP contribution in [0, 0.1) is 6.92 Å². The number of rotatable bonds is 7. The summed E-state index contributed by atoms with van der Waals surface area (Å²) in [5.74, 6) is 1.76. The van der Waals surface area contributed by atoms with E-state index in [-0.39, 0.29) is 0 Å². The molecule has 7 nitrogen and oxygen atoms in total.